The zero-order chi connectivity index (χ0) is 24.6. The molecule has 7 rings (SSSR count). The van der Waals surface area contributed by atoms with Crippen molar-refractivity contribution in [2.45, 2.75) is 39.0 Å². The van der Waals surface area contributed by atoms with Crippen molar-refractivity contribution in [2.75, 3.05) is 4.90 Å². The molecule has 0 saturated heterocycles. The fraction of sp³-hybridized carbons (Fsp3) is 0.176. The molecule has 0 aromatic heterocycles. The summed E-state index contributed by atoms with van der Waals surface area (Å²) in [7, 11) is 0. The molecule has 5 aromatic rings. The summed E-state index contributed by atoms with van der Waals surface area (Å²) < 4.78 is 0. The van der Waals surface area contributed by atoms with Gasteiger partial charge in [0.15, 0.2) is 0 Å². The maximum absolute atomic E-state index is 2.57. The number of hydrogen-bond acceptors (Lipinski definition) is 1. The third-order valence-electron chi connectivity index (χ3n) is 8.46. The summed E-state index contributed by atoms with van der Waals surface area (Å²) in [5.74, 6) is 0.482. The van der Waals surface area contributed by atoms with Crippen LogP contribution in [0.15, 0.2) is 103 Å². The lowest BCUT2D eigenvalue weighted by atomic mass is 9.34. The van der Waals surface area contributed by atoms with Gasteiger partial charge in [0, 0.05) is 16.8 Å². The van der Waals surface area contributed by atoms with E-state index in [4.69, 9.17) is 0 Å². The van der Waals surface area contributed by atoms with Crippen LogP contribution >= 0.6 is 0 Å². The van der Waals surface area contributed by atoms with Crippen LogP contribution in [0.25, 0.3) is 10.8 Å². The molecular formula is C34H30BN. The van der Waals surface area contributed by atoms with Crippen molar-refractivity contribution < 1.29 is 0 Å². The molecule has 5 aromatic carbocycles. The summed E-state index contributed by atoms with van der Waals surface area (Å²) >= 11 is 0. The molecule has 0 fully saturated rings. The second kappa shape index (κ2) is 7.61. The van der Waals surface area contributed by atoms with Gasteiger partial charge in [-0.3, -0.25) is 0 Å². The van der Waals surface area contributed by atoms with E-state index in [-0.39, 0.29) is 12.1 Å². The molecular weight excluding hydrogens is 433 g/mol. The van der Waals surface area contributed by atoms with E-state index in [1.165, 1.54) is 60.9 Å². The number of benzene rings is 5. The van der Waals surface area contributed by atoms with Gasteiger partial charge in [0.05, 0.1) is 5.69 Å². The molecule has 0 atom stereocenters. The van der Waals surface area contributed by atoms with Crippen molar-refractivity contribution in [1.29, 1.82) is 0 Å². The third-order valence-corrected chi connectivity index (χ3v) is 8.46. The molecule has 0 aliphatic carbocycles. The first-order valence-corrected chi connectivity index (χ1v) is 13.1. The Bertz CT molecular complexity index is 1650. The van der Waals surface area contributed by atoms with Crippen LogP contribution in [0.3, 0.4) is 0 Å². The highest BCUT2D eigenvalue weighted by molar-refractivity contribution is 6.98. The maximum Gasteiger partial charge on any atom is 0.246 e. The van der Waals surface area contributed by atoms with Crippen LogP contribution in [-0.2, 0) is 5.41 Å². The molecule has 0 amide bonds. The van der Waals surface area contributed by atoms with E-state index in [9.17, 15) is 0 Å². The molecule has 2 heteroatoms. The molecule has 2 aliphatic heterocycles. The number of hydrogen-bond donors (Lipinski definition) is 0. The molecule has 0 bridgehead atoms. The average molecular weight is 463 g/mol. The number of rotatable bonds is 2. The highest BCUT2D eigenvalue weighted by atomic mass is 15.2. The quantitative estimate of drug-likeness (QED) is 0.253. The number of fused-ring (bicyclic) bond motifs is 5. The van der Waals surface area contributed by atoms with Gasteiger partial charge < -0.3 is 4.90 Å². The van der Waals surface area contributed by atoms with Crippen LogP contribution in [0.4, 0.5) is 17.1 Å². The largest absolute Gasteiger partial charge is 0.311 e. The SMILES string of the molecule is CC(C)c1ccc2c(c1)B(c1ccccc1)c1cccc3c1N2c1cc2ccccc2cc1C3(C)C. The Morgan fingerprint density at radius 3 is 2.11 bits per heavy atom. The van der Waals surface area contributed by atoms with Crippen molar-refractivity contribution in [3.8, 4) is 0 Å². The summed E-state index contributed by atoms with van der Waals surface area (Å²) in [4.78, 5) is 2.57. The summed E-state index contributed by atoms with van der Waals surface area (Å²) in [6.45, 7) is 9.58. The van der Waals surface area contributed by atoms with Gasteiger partial charge in [-0.25, -0.2) is 0 Å². The molecule has 2 aliphatic rings. The van der Waals surface area contributed by atoms with Gasteiger partial charge >= 0.3 is 0 Å². The van der Waals surface area contributed by atoms with E-state index in [1.807, 2.05) is 0 Å². The van der Waals surface area contributed by atoms with Crippen LogP contribution < -0.4 is 21.3 Å². The minimum atomic E-state index is -0.0994. The summed E-state index contributed by atoms with van der Waals surface area (Å²) in [6.07, 6.45) is 0. The van der Waals surface area contributed by atoms with Crippen molar-refractivity contribution >= 4 is 50.9 Å². The van der Waals surface area contributed by atoms with E-state index in [2.05, 4.69) is 136 Å². The smallest absolute Gasteiger partial charge is 0.246 e. The van der Waals surface area contributed by atoms with E-state index >= 15 is 0 Å². The molecule has 36 heavy (non-hydrogen) atoms. The van der Waals surface area contributed by atoms with Gasteiger partial charge in [-0.15, -0.1) is 0 Å². The number of nitrogens with zero attached hydrogens (tertiary/aromatic N) is 1. The lowest BCUT2D eigenvalue weighted by Crippen LogP contribution is -2.58. The summed E-state index contributed by atoms with van der Waals surface area (Å²) in [5.41, 5.74) is 12.2. The Hall–Kier alpha value is -3.78. The summed E-state index contributed by atoms with van der Waals surface area (Å²) in [6, 6.07) is 38.8. The lowest BCUT2D eigenvalue weighted by molar-refractivity contribution is 0.633. The normalized spacial score (nSPS) is 15.0. The Morgan fingerprint density at radius 2 is 1.36 bits per heavy atom. The second-order valence-corrected chi connectivity index (χ2v) is 11.2. The zero-order valence-electron chi connectivity index (χ0n) is 21.4. The second-order valence-electron chi connectivity index (χ2n) is 11.2. The Balaban J connectivity index is 1.60. The van der Waals surface area contributed by atoms with Crippen molar-refractivity contribution in [3.63, 3.8) is 0 Å². The lowest BCUT2D eigenvalue weighted by Gasteiger charge is -2.47. The van der Waals surface area contributed by atoms with E-state index in [0.29, 0.717) is 5.92 Å². The van der Waals surface area contributed by atoms with Crippen LogP contribution in [0.2, 0.25) is 0 Å². The highest BCUT2D eigenvalue weighted by Crippen LogP contribution is 2.53. The summed E-state index contributed by atoms with van der Waals surface area (Å²) in [5, 5.41) is 2.59. The monoisotopic (exact) mass is 463 g/mol. The van der Waals surface area contributed by atoms with E-state index < -0.39 is 0 Å². The molecule has 0 spiro atoms. The Morgan fingerprint density at radius 1 is 0.639 bits per heavy atom. The Labute approximate surface area is 214 Å². The van der Waals surface area contributed by atoms with Crippen LogP contribution in [0.5, 0.6) is 0 Å². The van der Waals surface area contributed by atoms with E-state index in [1.54, 1.807) is 0 Å². The van der Waals surface area contributed by atoms with Crippen LogP contribution in [0, 0.1) is 0 Å². The first-order valence-electron chi connectivity index (χ1n) is 13.1. The van der Waals surface area contributed by atoms with Crippen molar-refractivity contribution in [1.82, 2.24) is 0 Å². The number of anilines is 3. The van der Waals surface area contributed by atoms with Gasteiger partial charge in [0.2, 0.25) is 6.71 Å². The Kier molecular flexibility index (Phi) is 4.55. The van der Waals surface area contributed by atoms with Gasteiger partial charge in [0.25, 0.3) is 0 Å². The zero-order valence-corrected chi connectivity index (χ0v) is 21.4. The van der Waals surface area contributed by atoms with Crippen molar-refractivity contribution in [3.05, 3.63) is 120 Å². The van der Waals surface area contributed by atoms with E-state index in [0.717, 1.165) is 0 Å². The highest BCUT2D eigenvalue weighted by Gasteiger charge is 2.44. The maximum atomic E-state index is 2.57. The minimum absolute atomic E-state index is 0.0994. The fourth-order valence-corrected chi connectivity index (χ4v) is 6.52. The van der Waals surface area contributed by atoms with Gasteiger partial charge in [-0.2, -0.15) is 0 Å². The molecule has 0 radical (unpaired) electrons. The molecule has 0 N–H and O–H groups in total. The molecule has 174 valence electrons. The number of para-hydroxylation sites is 1. The third kappa shape index (κ3) is 2.91. The topological polar surface area (TPSA) is 3.24 Å². The molecule has 1 nitrogen and oxygen atoms in total. The first kappa shape index (κ1) is 21.5. The fourth-order valence-electron chi connectivity index (χ4n) is 6.52. The first-order chi connectivity index (χ1) is 17.4. The molecule has 2 heterocycles. The predicted octanol–water partition coefficient (Wildman–Crippen LogP) is 6.90. The molecule has 0 unspecified atom stereocenters. The van der Waals surface area contributed by atoms with Crippen molar-refractivity contribution in [2.24, 2.45) is 0 Å². The minimum Gasteiger partial charge on any atom is -0.311 e. The average Bonchev–Trinajstić information content (AvgIpc) is 2.90. The van der Waals surface area contributed by atoms with Gasteiger partial charge in [-0.1, -0.05) is 118 Å². The molecule has 0 saturated carbocycles. The van der Waals surface area contributed by atoms with Gasteiger partial charge in [0.1, 0.15) is 0 Å². The standard InChI is InChI=1S/C34H30BN/c1-22(2)23-17-18-31-30(20-23)35(26-13-6-5-7-14-26)29-16-10-15-27-33(29)36(31)32-21-25-12-9-8-11-24(25)19-28(32)34(27,3)4/h5-22H,1-4H3. The predicted molar refractivity (Wildman–Crippen MR) is 156 cm³/mol. The van der Waals surface area contributed by atoms with Crippen LogP contribution in [-0.4, -0.2) is 6.71 Å². The van der Waals surface area contributed by atoms with Crippen LogP contribution in [0.1, 0.15) is 50.3 Å². The van der Waals surface area contributed by atoms with Gasteiger partial charge in [-0.05, 0) is 62.5 Å².